The van der Waals surface area contributed by atoms with Crippen molar-refractivity contribution in [2.45, 2.75) is 57.9 Å². The summed E-state index contributed by atoms with van der Waals surface area (Å²) in [6, 6.07) is 8.75. The number of aromatic nitrogens is 4. The Balaban J connectivity index is 1.31. The Kier molecular flexibility index (Phi) is 5.48. The van der Waals surface area contributed by atoms with Gasteiger partial charge < -0.3 is 10.2 Å². The van der Waals surface area contributed by atoms with Gasteiger partial charge in [0.25, 0.3) is 0 Å². The van der Waals surface area contributed by atoms with Crippen LogP contribution in [-0.2, 0) is 0 Å². The van der Waals surface area contributed by atoms with Gasteiger partial charge in [-0.3, -0.25) is 0 Å². The third kappa shape index (κ3) is 4.23. The maximum Gasteiger partial charge on any atom is 0.247 e. The fraction of sp³-hybridized carbons (Fsp3) is 0.650. The number of tetrazole rings is 1. The maximum absolute atomic E-state index is 4.20. The van der Waals surface area contributed by atoms with Gasteiger partial charge >= 0.3 is 0 Å². The van der Waals surface area contributed by atoms with Gasteiger partial charge in [0, 0.05) is 25.7 Å². The molecular weight excluding hydrogens is 324 g/mol. The summed E-state index contributed by atoms with van der Waals surface area (Å²) < 4.78 is 1.80. The fourth-order valence-corrected chi connectivity index (χ4v) is 4.31. The van der Waals surface area contributed by atoms with Crippen molar-refractivity contribution in [2.75, 3.05) is 25.0 Å². The van der Waals surface area contributed by atoms with Gasteiger partial charge in [0.1, 0.15) is 0 Å². The van der Waals surface area contributed by atoms with Crippen molar-refractivity contribution in [3.05, 3.63) is 29.8 Å². The third-order valence-electron chi connectivity index (χ3n) is 5.91. The highest BCUT2D eigenvalue weighted by Gasteiger charge is 2.24. The largest absolute Gasteiger partial charge is 0.350 e. The zero-order chi connectivity index (χ0) is 17.8. The Morgan fingerprint density at radius 2 is 1.73 bits per heavy atom. The lowest BCUT2D eigenvalue weighted by molar-refractivity contribution is 0.168. The minimum Gasteiger partial charge on any atom is -0.350 e. The van der Waals surface area contributed by atoms with Crippen molar-refractivity contribution < 1.29 is 0 Å². The number of rotatable bonds is 5. The lowest BCUT2D eigenvalue weighted by atomic mass is 9.88. The highest BCUT2D eigenvalue weighted by atomic mass is 15.6. The van der Waals surface area contributed by atoms with Gasteiger partial charge in [-0.1, -0.05) is 42.1 Å². The first-order valence-electron chi connectivity index (χ1n) is 10.1. The first-order valence-corrected chi connectivity index (χ1v) is 10.1. The predicted octanol–water partition coefficient (Wildman–Crippen LogP) is 3.43. The second kappa shape index (κ2) is 8.16. The SMILES string of the molecule is Cc1ccc(-n2nnnc2NC2CCN(CC3CCCCC3)CC2)cc1. The quantitative estimate of drug-likeness (QED) is 0.891. The van der Waals surface area contributed by atoms with Crippen molar-refractivity contribution in [3.63, 3.8) is 0 Å². The van der Waals surface area contributed by atoms with Gasteiger partial charge in [-0.15, -0.1) is 0 Å². The number of hydrogen-bond acceptors (Lipinski definition) is 5. The minimum absolute atomic E-state index is 0.452. The molecule has 2 fully saturated rings. The maximum atomic E-state index is 4.20. The molecule has 140 valence electrons. The molecule has 6 nitrogen and oxygen atoms in total. The average Bonchev–Trinajstić information content (AvgIpc) is 3.13. The summed E-state index contributed by atoms with van der Waals surface area (Å²) in [5.41, 5.74) is 2.24. The van der Waals surface area contributed by atoms with Crippen LogP contribution in [-0.4, -0.2) is 50.8 Å². The average molecular weight is 355 g/mol. The summed E-state index contributed by atoms with van der Waals surface area (Å²) in [4.78, 5) is 2.66. The topological polar surface area (TPSA) is 58.9 Å². The van der Waals surface area contributed by atoms with E-state index in [1.165, 1.54) is 57.3 Å². The van der Waals surface area contributed by atoms with Crippen LogP contribution in [0, 0.1) is 12.8 Å². The number of piperidine rings is 1. The van der Waals surface area contributed by atoms with E-state index in [9.17, 15) is 0 Å². The van der Waals surface area contributed by atoms with Crippen molar-refractivity contribution in [1.29, 1.82) is 0 Å². The molecule has 1 N–H and O–H groups in total. The molecular formula is C20H30N6. The molecule has 2 heterocycles. The van der Waals surface area contributed by atoms with E-state index in [0.29, 0.717) is 6.04 Å². The van der Waals surface area contributed by atoms with Gasteiger partial charge in [0.05, 0.1) is 5.69 Å². The number of aryl methyl sites for hydroxylation is 1. The number of likely N-dealkylation sites (tertiary alicyclic amines) is 1. The van der Waals surface area contributed by atoms with E-state index in [-0.39, 0.29) is 0 Å². The molecule has 4 rings (SSSR count). The molecule has 0 amide bonds. The van der Waals surface area contributed by atoms with Crippen LogP contribution < -0.4 is 5.32 Å². The first kappa shape index (κ1) is 17.5. The summed E-state index contributed by atoms with van der Waals surface area (Å²) in [5, 5.41) is 15.8. The number of nitrogens with zero attached hydrogens (tertiary/aromatic N) is 5. The van der Waals surface area contributed by atoms with Gasteiger partial charge in [-0.2, -0.15) is 4.68 Å². The monoisotopic (exact) mass is 354 g/mol. The zero-order valence-corrected chi connectivity index (χ0v) is 15.8. The Hall–Kier alpha value is -1.95. The summed E-state index contributed by atoms with van der Waals surface area (Å²) in [6.07, 6.45) is 9.50. The summed E-state index contributed by atoms with van der Waals surface area (Å²) in [6.45, 7) is 5.75. The summed E-state index contributed by atoms with van der Waals surface area (Å²) in [5.74, 6) is 1.68. The van der Waals surface area contributed by atoms with E-state index in [2.05, 4.69) is 56.9 Å². The summed E-state index contributed by atoms with van der Waals surface area (Å²) in [7, 11) is 0. The molecule has 1 saturated heterocycles. The van der Waals surface area contributed by atoms with Crippen molar-refractivity contribution in [3.8, 4) is 5.69 Å². The molecule has 1 aliphatic carbocycles. The predicted molar refractivity (Wildman–Crippen MR) is 104 cm³/mol. The van der Waals surface area contributed by atoms with Gasteiger partial charge in [-0.25, -0.2) is 0 Å². The molecule has 2 aromatic rings. The van der Waals surface area contributed by atoms with Crippen LogP contribution in [0.4, 0.5) is 5.95 Å². The van der Waals surface area contributed by atoms with E-state index in [1.54, 1.807) is 4.68 Å². The Bertz CT molecular complexity index is 681. The summed E-state index contributed by atoms with van der Waals surface area (Å²) >= 11 is 0. The van der Waals surface area contributed by atoms with Crippen LogP contribution in [0.3, 0.4) is 0 Å². The molecule has 1 aliphatic heterocycles. The molecule has 0 radical (unpaired) electrons. The molecule has 0 bridgehead atoms. The number of anilines is 1. The van der Waals surface area contributed by atoms with Crippen molar-refractivity contribution in [1.82, 2.24) is 25.1 Å². The molecule has 0 spiro atoms. The Labute approximate surface area is 156 Å². The van der Waals surface area contributed by atoms with Crippen LogP contribution in [0.2, 0.25) is 0 Å². The fourth-order valence-electron chi connectivity index (χ4n) is 4.31. The lowest BCUT2D eigenvalue weighted by Gasteiger charge is -2.35. The molecule has 1 saturated carbocycles. The van der Waals surface area contributed by atoms with E-state index >= 15 is 0 Å². The highest BCUT2D eigenvalue weighted by Crippen LogP contribution is 2.26. The van der Waals surface area contributed by atoms with Gasteiger partial charge in [0.15, 0.2) is 0 Å². The molecule has 6 heteroatoms. The molecule has 1 aromatic carbocycles. The second-order valence-electron chi connectivity index (χ2n) is 7.97. The number of hydrogen-bond donors (Lipinski definition) is 1. The van der Waals surface area contributed by atoms with Crippen molar-refractivity contribution in [2.24, 2.45) is 5.92 Å². The molecule has 1 aromatic heterocycles. The Morgan fingerprint density at radius 3 is 2.46 bits per heavy atom. The van der Waals surface area contributed by atoms with Crippen LogP contribution in [0.5, 0.6) is 0 Å². The zero-order valence-electron chi connectivity index (χ0n) is 15.8. The van der Waals surface area contributed by atoms with E-state index in [1.807, 2.05) is 0 Å². The standard InChI is InChI=1S/C20H30N6/c1-16-7-9-19(10-8-16)26-20(22-23-24-26)21-18-11-13-25(14-12-18)15-17-5-3-2-4-6-17/h7-10,17-18H,2-6,11-15H2,1H3,(H,21,22,24). The molecule has 0 unspecified atom stereocenters. The Morgan fingerprint density at radius 1 is 1.00 bits per heavy atom. The smallest absolute Gasteiger partial charge is 0.247 e. The lowest BCUT2D eigenvalue weighted by Crippen LogP contribution is -2.41. The third-order valence-corrected chi connectivity index (χ3v) is 5.91. The number of benzene rings is 1. The van der Waals surface area contributed by atoms with Crippen LogP contribution in [0.1, 0.15) is 50.5 Å². The van der Waals surface area contributed by atoms with Gasteiger partial charge in [-0.05, 0) is 61.1 Å². The van der Waals surface area contributed by atoms with Crippen LogP contribution in [0.25, 0.3) is 5.69 Å². The van der Waals surface area contributed by atoms with Crippen LogP contribution in [0.15, 0.2) is 24.3 Å². The molecule has 2 aliphatic rings. The van der Waals surface area contributed by atoms with Crippen LogP contribution >= 0.6 is 0 Å². The number of nitrogens with one attached hydrogen (secondary N) is 1. The van der Waals surface area contributed by atoms with Gasteiger partial charge in [0.2, 0.25) is 5.95 Å². The minimum atomic E-state index is 0.452. The highest BCUT2D eigenvalue weighted by molar-refractivity contribution is 5.40. The molecule has 0 atom stereocenters. The molecule has 26 heavy (non-hydrogen) atoms. The first-order chi connectivity index (χ1) is 12.8. The normalized spacial score (nSPS) is 20.3. The van der Waals surface area contributed by atoms with E-state index in [0.717, 1.165) is 30.4 Å². The van der Waals surface area contributed by atoms with E-state index in [4.69, 9.17) is 0 Å². The van der Waals surface area contributed by atoms with Crippen molar-refractivity contribution >= 4 is 5.95 Å². The second-order valence-corrected chi connectivity index (χ2v) is 7.97. The van der Waals surface area contributed by atoms with E-state index < -0.39 is 0 Å².